The summed E-state index contributed by atoms with van der Waals surface area (Å²) in [6, 6.07) is 4.86. The Kier molecular flexibility index (Phi) is 4.70. The third-order valence-corrected chi connectivity index (χ3v) is 3.56. The molecule has 104 valence electrons. The van der Waals surface area contributed by atoms with E-state index in [0.717, 1.165) is 5.56 Å². The van der Waals surface area contributed by atoms with Crippen molar-refractivity contribution in [1.29, 1.82) is 0 Å². The van der Waals surface area contributed by atoms with E-state index >= 15 is 0 Å². The van der Waals surface area contributed by atoms with E-state index in [1.54, 1.807) is 12.1 Å². The Morgan fingerprint density at radius 2 is 2.16 bits per heavy atom. The smallest absolute Gasteiger partial charge is 0.294 e. The zero-order chi connectivity index (χ0) is 13.7. The van der Waals surface area contributed by atoms with E-state index in [9.17, 15) is 10.1 Å². The number of hydrogen-bond donors (Lipinski definition) is 2. The lowest BCUT2D eigenvalue weighted by Crippen LogP contribution is -2.13. The van der Waals surface area contributed by atoms with Crippen LogP contribution in [0.4, 0.5) is 11.4 Å². The van der Waals surface area contributed by atoms with Gasteiger partial charge in [-0.1, -0.05) is 25.0 Å². The Morgan fingerprint density at radius 1 is 1.42 bits per heavy atom. The van der Waals surface area contributed by atoms with Gasteiger partial charge in [-0.2, -0.15) is 0 Å². The summed E-state index contributed by atoms with van der Waals surface area (Å²) in [4.78, 5) is 10.4. The second-order valence-electron chi connectivity index (χ2n) is 4.88. The Balaban J connectivity index is 1.98. The van der Waals surface area contributed by atoms with Gasteiger partial charge in [-0.3, -0.25) is 16.0 Å². The van der Waals surface area contributed by atoms with Crippen molar-refractivity contribution in [3.8, 4) is 0 Å². The van der Waals surface area contributed by atoms with E-state index in [-0.39, 0.29) is 5.69 Å². The topological polar surface area (TPSA) is 90.4 Å². The van der Waals surface area contributed by atoms with E-state index in [1.807, 2.05) is 0 Å². The summed E-state index contributed by atoms with van der Waals surface area (Å²) >= 11 is 0. The van der Waals surface area contributed by atoms with Crippen LogP contribution in [0.1, 0.15) is 31.2 Å². The molecule has 3 N–H and O–H groups in total. The van der Waals surface area contributed by atoms with Gasteiger partial charge < -0.3 is 10.2 Å². The maximum absolute atomic E-state index is 10.9. The summed E-state index contributed by atoms with van der Waals surface area (Å²) in [6.07, 6.45) is 4.99. The largest absolute Gasteiger partial charge is 0.376 e. The Hall–Kier alpha value is -1.66. The van der Waals surface area contributed by atoms with E-state index in [0.29, 0.717) is 24.8 Å². The summed E-state index contributed by atoms with van der Waals surface area (Å²) in [6.45, 7) is 1.06. The molecule has 0 heterocycles. The fraction of sp³-hybridized carbons (Fsp3) is 0.538. The van der Waals surface area contributed by atoms with Gasteiger partial charge in [0.1, 0.15) is 5.69 Å². The molecule has 6 heteroatoms. The highest BCUT2D eigenvalue weighted by molar-refractivity contribution is 5.65. The van der Waals surface area contributed by atoms with Gasteiger partial charge in [0.15, 0.2) is 0 Å². The number of hydrogen-bond acceptors (Lipinski definition) is 5. The SMILES string of the molecule is NNc1c(COCC2CCCC2)cccc1[N+](=O)[O-]. The molecule has 0 atom stereocenters. The number of nitrogen functional groups attached to an aromatic ring is 1. The quantitative estimate of drug-likeness (QED) is 0.468. The minimum Gasteiger partial charge on any atom is -0.376 e. The molecule has 2 rings (SSSR count). The number of nitrogens with two attached hydrogens (primary N) is 1. The number of nitrogens with one attached hydrogen (secondary N) is 1. The number of hydrazine groups is 1. The number of rotatable bonds is 6. The molecule has 1 fully saturated rings. The predicted molar refractivity (Wildman–Crippen MR) is 72.5 cm³/mol. The number of anilines is 1. The van der Waals surface area contributed by atoms with Gasteiger partial charge >= 0.3 is 0 Å². The van der Waals surface area contributed by atoms with Crippen LogP contribution in [-0.4, -0.2) is 11.5 Å². The summed E-state index contributed by atoms with van der Waals surface area (Å²) in [5.74, 6) is 6.01. The monoisotopic (exact) mass is 265 g/mol. The first-order valence-corrected chi connectivity index (χ1v) is 6.53. The molecular formula is C13H19N3O3. The van der Waals surface area contributed by atoms with Gasteiger partial charge in [0.05, 0.1) is 11.5 Å². The van der Waals surface area contributed by atoms with E-state index in [1.165, 1.54) is 31.7 Å². The number of nitrogens with zero attached hydrogens (tertiary/aromatic N) is 1. The van der Waals surface area contributed by atoms with Gasteiger partial charge in [0, 0.05) is 18.2 Å². The molecule has 1 aromatic rings. The zero-order valence-corrected chi connectivity index (χ0v) is 10.8. The van der Waals surface area contributed by atoms with Crippen molar-refractivity contribution in [3.63, 3.8) is 0 Å². The molecule has 1 saturated carbocycles. The molecule has 1 aliphatic carbocycles. The summed E-state index contributed by atoms with van der Waals surface area (Å²) in [5.41, 5.74) is 3.43. The minimum absolute atomic E-state index is 0.0236. The zero-order valence-electron chi connectivity index (χ0n) is 10.8. The van der Waals surface area contributed by atoms with Crippen LogP contribution in [0.25, 0.3) is 0 Å². The fourth-order valence-electron chi connectivity index (χ4n) is 2.54. The number of benzene rings is 1. The van der Waals surface area contributed by atoms with E-state index in [2.05, 4.69) is 5.43 Å². The Bertz CT molecular complexity index is 445. The first-order chi connectivity index (χ1) is 9.22. The maximum Gasteiger partial charge on any atom is 0.294 e. The molecule has 0 bridgehead atoms. The van der Waals surface area contributed by atoms with E-state index in [4.69, 9.17) is 10.6 Å². The second kappa shape index (κ2) is 6.49. The number of nitro benzene ring substituents is 1. The lowest BCUT2D eigenvalue weighted by Gasteiger charge is -2.12. The highest BCUT2D eigenvalue weighted by Crippen LogP contribution is 2.29. The third kappa shape index (κ3) is 3.42. The summed E-state index contributed by atoms with van der Waals surface area (Å²) in [5, 5.41) is 10.9. The summed E-state index contributed by atoms with van der Waals surface area (Å²) in [7, 11) is 0. The average molecular weight is 265 g/mol. The molecule has 1 aromatic carbocycles. The average Bonchev–Trinajstić information content (AvgIpc) is 2.91. The second-order valence-corrected chi connectivity index (χ2v) is 4.88. The van der Waals surface area contributed by atoms with Gasteiger partial charge in [-0.05, 0) is 18.8 Å². The molecule has 0 saturated heterocycles. The van der Waals surface area contributed by atoms with Crippen molar-refractivity contribution in [2.45, 2.75) is 32.3 Å². The van der Waals surface area contributed by atoms with Gasteiger partial charge in [0.2, 0.25) is 0 Å². The van der Waals surface area contributed by atoms with Crippen LogP contribution in [0.2, 0.25) is 0 Å². The molecule has 6 nitrogen and oxygen atoms in total. The molecule has 0 aliphatic heterocycles. The normalized spacial score (nSPS) is 15.6. The summed E-state index contributed by atoms with van der Waals surface area (Å²) < 4.78 is 5.66. The predicted octanol–water partition coefficient (Wildman–Crippen LogP) is 2.59. The molecule has 0 spiro atoms. The molecule has 1 aliphatic rings. The van der Waals surface area contributed by atoms with Crippen LogP contribution < -0.4 is 11.3 Å². The first kappa shape index (κ1) is 13.8. The lowest BCUT2D eigenvalue weighted by molar-refractivity contribution is -0.384. The van der Waals surface area contributed by atoms with Crippen LogP contribution in [0.15, 0.2) is 18.2 Å². The van der Waals surface area contributed by atoms with Crippen molar-refractivity contribution in [2.75, 3.05) is 12.0 Å². The van der Waals surface area contributed by atoms with Gasteiger partial charge in [-0.25, -0.2) is 0 Å². The van der Waals surface area contributed by atoms with Crippen LogP contribution in [0.3, 0.4) is 0 Å². The number of para-hydroxylation sites is 1. The molecule has 0 unspecified atom stereocenters. The standard InChI is InChI=1S/C13H19N3O3/c14-15-13-11(6-3-7-12(13)16(17)18)9-19-8-10-4-1-2-5-10/h3,6-7,10,15H,1-2,4-5,8-9,14H2. The molecular weight excluding hydrogens is 246 g/mol. The molecule has 19 heavy (non-hydrogen) atoms. The van der Waals surface area contributed by atoms with Gasteiger partial charge in [0.25, 0.3) is 5.69 Å². The minimum atomic E-state index is -0.449. The number of ether oxygens (including phenoxy) is 1. The number of nitro groups is 1. The highest BCUT2D eigenvalue weighted by Gasteiger charge is 2.18. The van der Waals surface area contributed by atoms with Crippen LogP contribution in [0, 0.1) is 16.0 Å². The van der Waals surface area contributed by atoms with Crippen molar-refractivity contribution >= 4 is 11.4 Å². The van der Waals surface area contributed by atoms with Crippen molar-refractivity contribution in [1.82, 2.24) is 0 Å². The fourth-order valence-corrected chi connectivity index (χ4v) is 2.54. The molecule has 0 aromatic heterocycles. The highest BCUT2D eigenvalue weighted by atomic mass is 16.6. The van der Waals surface area contributed by atoms with Gasteiger partial charge in [-0.15, -0.1) is 0 Å². The van der Waals surface area contributed by atoms with E-state index < -0.39 is 4.92 Å². The van der Waals surface area contributed by atoms with Crippen molar-refractivity contribution in [2.24, 2.45) is 11.8 Å². The van der Waals surface area contributed by atoms with Crippen molar-refractivity contribution in [3.05, 3.63) is 33.9 Å². The molecule has 0 radical (unpaired) electrons. The third-order valence-electron chi connectivity index (χ3n) is 3.56. The first-order valence-electron chi connectivity index (χ1n) is 6.53. The molecule has 0 amide bonds. The lowest BCUT2D eigenvalue weighted by atomic mass is 10.1. The van der Waals surface area contributed by atoms with Crippen LogP contribution in [0.5, 0.6) is 0 Å². The van der Waals surface area contributed by atoms with Crippen LogP contribution in [-0.2, 0) is 11.3 Å². The maximum atomic E-state index is 10.9. The van der Waals surface area contributed by atoms with Crippen LogP contribution >= 0.6 is 0 Å². The Labute approximate surface area is 112 Å². The van der Waals surface area contributed by atoms with Crippen molar-refractivity contribution < 1.29 is 9.66 Å². The Morgan fingerprint density at radius 3 is 2.79 bits per heavy atom.